The quantitative estimate of drug-likeness (QED) is 0.472. The smallest absolute Gasteiger partial charge is 0.242 e. The predicted molar refractivity (Wildman–Crippen MR) is 82.8 cm³/mol. The van der Waals surface area contributed by atoms with Crippen LogP contribution in [0.15, 0.2) is 35.4 Å². The topological polar surface area (TPSA) is 104 Å². The lowest BCUT2D eigenvalue weighted by Crippen LogP contribution is -2.48. The molecule has 0 saturated carbocycles. The summed E-state index contributed by atoms with van der Waals surface area (Å²) in [6.07, 6.45) is 1.76. The van der Waals surface area contributed by atoms with Crippen molar-refractivity contribution in [1.82, 2.24) is 4.90 Å². The van der Waals surface area contributed by atoms with E-state index < -0.39 is 6.04 Å². The SMILES string of the molecule is [N-]=[N+]=NC[C@H]1CCCN1C(=O)[C@@H](N)COCc1ccccc1. The van der Waals surface area contributed by atoms with E-state index in [4.69, 9.17) is 16.0 Å². The summed E-state index contributed by atoms with van der Waals surface area (Å²) in [5, 5.41) is 3.56. The van der Waals surface area contributed by atoms with E-state index in [-0.39, 0.29) is 18.6 Å². The van der Waals surface area contributed by atoms with E-state index in [0.717, 1.165) is 18.4 Å². The summed E-state index contributed by atoms with van der Waals surface area (Å²) < 4.78 is 5.52. The second-order valence-electron chi connectivity index (χ2n) is 5.35. The molecular weight excluding hydrogens is 282 g/mol. The van der Waals surface area contributed by atoms with Crippen LogP contribution in [0.1, 0.15) is 18.4 Å². The van der Waals surface area contributed by atoms with Gasteiger partial charge >= 0.3 is 0 Å². The van der Waals surface area contributed by atoms with Gasteiger partial charge in [-0.3, -0.25) is 4.79 Å². The molecule has 1 saturated heterocycles. The maximum absolute atomic E-state index is 12.3. The van der Waals surface area contributed by atoms with Gasteiger partial charge in [0.15, 0.2) is 0 Å². The highest BCUT2D eigenvalue weighted by atomic mass is 16.5. The molecule has 1 aliphatic rings. The largest absolute Gasteiger partial charge is 0.375 e. The van der Waals surface area contributed by atoms with Crippen molar-refractivity contribution in [3.63, 3.8) is 0 Å². The number of likely N-dealkylation sites (tertiary alicyclic amines) is 1. The molecule has 1 fully saturated rings. The number of hydrogen-bond donors (Lipinski definition) is 1. The van der Waals surface area contributed by atoms with Crippen LogP contribution < -0.4 is 5.73 Å². The Morgan fingerprint density at radius 2 is 2.27 bits per heavy atom. The highest BCUT2D eigenvalue weighted by molar-refractivity contribution is 5.82. The monoisotopic (exact) mass is 303 g/mol. The fraction of sp³-hybridized carbons (Fsp3) is 0.533. The van der Waals surface area contributed by atoms with Crippen molar-refractivity contribution in [3.8, 4) is 0 Å². The van der Waals surface area contributed by atoms with E-state index in [9.17, 15) is 4.79 Å². The summed E-state index contributed by atoms with van der Waals surface area (Å²) in [5.41, 5.74) is 15.4. The lowest BCUT2D eigenvalue weighted by atomic mass is 10.2. The molecule has 1 aliphatic heterocycles. The average molecular weight is 303 g/mol. The molecule has 0 aromatic heterocycles. The Kier molecular flexibility index (Phi) is 6.21. The molecule has 2 N–H and O–H groups in total. The van der Waals surface area contributed by atoms with Gasteiger partial charge in [0.2, 0.25) is 5.91 Å². The zero-order chi connectivity index (χ0) is 15.8. The molecule has 0 aliphatic carbocycles. The minimum atomic E-state index is -0.685. The number of benzene rings is 1. The number of rotatable bonds is 7. The average Bonchev–Trinajstić information content (AvgIpc) is 3.01. The van der Waals surface area contributed by atoms with Crippen molar-refractivity contribution in [3.05, 3.63) is 46.3 Å². The highest BCUT2D eigenvalue weighted by Gasteiger charge is 2.31. The molecule has 0 spiro atoms. The summed E-state index contributed by atoms with van der Waals surface area (Å²) in [6.45, 7) is 1.58. The Morgan fingerprint density at radius 1 is 1.50 bits per heavy atom. The van der Waals surface area contributed by atoms with Gasteiger partial charge in [-0.25, -0.2) is 0 Å². The number of ether oxygens (including phenoxy) is 1. The van der Waals surface area contributed by atoms with Crippen molar-refractivity contribution in [1.29, 1.82) is 0 Å². The third-order valence-corrected chi connectivity index (χ3v) is 3.74. The number of amides is 1. The van der Waals surface area contributed by atoms with Gasteiger partial charge < -0.3 is 15.4 Å². The third kappa shape index (κ3) is 4.46. The molecule has 22 heavy (non-hydrogen) atoms. The normalized spacial score (nSPS) is 18.8. The van der Waals surface area contributed by atoms with E-state index in [1.165, 1.54) is 0 Å². The predicted octanol–water partition coefficient (Wildman–Crippen LogP) is 1.83. The molecule has 1 heterocycles. The Balaban J connectivity index is 1.79. The number of carbonyl (C=O) groups is 1. The summed E-state index contributed by atoms with van der Waals surface area (Å²) in [5.74, 6) is -0.135. The number of carbonyl (C=O) groups excluding carboxylic acids is 1. The van der Waals surface area contributed by atoms with E-state index in [1.54, 1.807) is 4.90 Å². The van der Waals surface area contributed by atoms with Gasteiger partial charge in [-0.1, -0.05) is 35.4 Å². The van der Waals surface area contributed by atoms with Gasteiger partial charge in [0.05, 0.1) is 13.2 Å². The van der Waals surface area contributed by atoms with Crippen LogP contribution in [0.4, 0.5) is 0 Å². The van der Waals surface area contributed by atoms with E-state index in [2.05, 4.69) is 10.0 Å². The Hall–Kier alpha value is -2.08. The molecule has 0 bridgehead atoms. The van der Waals surface area contributed by atoms with Crippen LogP contribution in [-0.4, -0.2) is 42.6 Å². The minimum Gasteiger partial charge on any atom is -0.375 e. The number of hydrogen-bond acceptors (Lipinski definition) is 4. The van der Waals surface area contributed by atoms with Crippen LogP contribution in [0, 0.1) is 0 Å². The maximum Gasteiger partial charge on any atom is 0.242 e. The first-order valence-electron chi connectivity index (χ1n) is 7.41. The van der Waals surface area contributed by atoms with Crippen LogP contribution in [0.5, 0.6) is 0 Å². The molecule has 118 valence electrons. The van der Waals surface area contributed by atoms with E-state index in [1.807, 2.05) is 30.3 Å². The number of azide groups is 1. The van der Waals surface area contributed by atoms with Gasteiger partial charge in [0.1, 0.15) is 6.04 Å². The molecule has 2 atom stereocenters. The van der Waals surface area contributed by atoms with E-state index in [0.29, 0.717) is 19.7 Å². The van der Waals surface area contributed by atoms with Crippen LogP contribution in [-0.2, 0) is 16.1 Å². The Labute approximate surface area is 129 Å². The zero-order valence-electron chi connectivity index (χ0n) is 12.5. The van der Waals surface area contributed by atoms with Gasteiger partial charge in [-0.05, 0) is 23.9 Å². The molecule has 2 rings (SSSR count). The molecular formula is C15H21N5O2. The summed E-state index contributed by atoms with van der Waals surface area (Å²) in [6, 6.07) is 9.02. The lowest BCUT2D eigenvalue weighted by Gasteiger charge is -2.26. The van der Waals surface area contributed by atoms with Crippen LogP contribution in [0.25, 0.3) is 10.4 Å². The van der Waals surface area contributed by atoms with Crippen LogP contribution >= 0.6 is 0 Å². The maximum atomic E-state index is 12.3. The second-order valence-corrected chi connectivity index (χ2v) is 5.35. The van der Waals surface area contributed by atoms with Crippen molar-refractivity contribution >= 4 is 5.91 Å². The van der Waals surface area contributed by atoms with Gasteiger partial charge in [-0.15, -0.1) is 0 Å². The van der Waals surface area contributed by atoms with Crippen LogP contribution in [0.2, 0.25) is 0 Å². The van der Waals surface area contributed by atoms with Crippen molar-refractivity contribution < 1.29 is 9.53 Å². The fourth-order valence-corrected chi connectivity index (χ4v) is 2.61. The molecule has 1 aromatic rings. The molecule has 0 unspecified atom stereocenters. The van der Waals surface area contributed by atoms with Gasteiger partial charge in [-0.2, -0.15) is 0 Å². The lowest BCUT2D eigenvalue weighted by molar-refractivity contribution is -0.134. The first kappa shape index (κ1) is 16.3. The van der Waals surface area contributed by atoms with Crippen molar-refractivity contribution in [2.45, 2.75) is 31.5 Å². The second kappa shape index (κ2) is 8.38. The van der Waals surface area contributed by atoms with Gasteiger partial charge in [0, 0.05) is 24.0 Å². The number of nitrogens with zero attached hydrogens (tertiary/aromatic N) is 4. The molecule has 1 aromatic carbocycles. The molecule has 1 amide bonds. The molecule has 7 heteroatoms. The summed E-state index contributed by atoms with van der Waals surface area (Å²) in [4.78, 5) is 16.8. The van der Waals surface area contributed by atoms with Crippen molar-refractivity contribution in [2.24, 2.45) is 10.8 Å². The summed E-state index contributed by atoms with van der Waals surface area (Å²) in [7, 11) is 0. The first-order valence-corrected chi connectivity index (χ1v) is 7.41. The third-order valence-electron chi connectivity index (χ3n) is 3.74. The number of nitrogens with two attached hydrogens (primary N) is 1. The standard InChI is InChI=1S/C15H21N5O2/c16-14(11-22-10-12-5-2-1-3-6-12)15(21)20-8-4-7-13(20)9-18-19-17/h1-3,5-6,13-14H,4,7-11,16H2/t13-,14+/m1/s1. The van der Waals surface area contributed by atoms with Crippen LogP contribution in [0.3, 0.4) is 0 Å². The fourth-order valence-electron chi connectivity index (χ4n) is 2.61. The summed E-state index contributed by atoms with van der Waals surface area (Å²) >= 11 is 0. The van der Waals surface area contributed by atoms with Gasteiger partial charge in [0.25, 0.3) is 0 Å². The highest BCUT2D eigenvalue weighted by Crippen LogP contribution is 2.18. The Morgan fingerprint density at radius 3 is 3.00 bits per heavy atom. The molecule has 0 radical (unpaired) electrons. The zero-order valence-corrected chi connectivity index (χ0v) is 12.5. The molecule has 7 nitrogen and oxygen atoms in total. The first-order chi connectivity index (χ1) is 10.7. The van der Waals surface area contributed by atoms with Crippen molar-refractivity contribution in [2.75, 3.05) is 19.7 Å². The minimum absolute atomic E-state index is 0.0384. The Bertz CT molecular complexity index is 530. The van der Waals surface area contributed by atoms with E-state index >= 15 is 0 Å².